The molecule has 0 aliphatic carbocycles. The molecule has 0 fully saturated rings. The second kappa shape index (κ2) is 7.03. The molecular formula is C14H19N5OS. The lowest BCUT2D eigenvalue weighted by Gasteiger charge is -2.10. The van der Waals surface area contributed by atoms with Gasteiger partial charge in [0, 0.05) is 5.69 Å². The summed E-state index contributed by atoms with van der Waals surface area (Å²) in [6, 6.07) is 7.61. The zero-order valence-corrected chi connectivity index (χ0v) is 12.9. The number of carbonyl (C=O) groups is 1. The van der Waals surface area contributed by atoms with Crippen LogP contribution in [0.2, 0.25) is 0 Å². The SMILES string of the molecule is CC[C@@H](C)c1ccc(NC(=O)NCc2nnc(N)s2)cc1. The second-order valence-corrected chi connectivity index (χ2v) is 5.87. The Morgan fingerprint density at radius 2 is 2.05 bits per heavy atom. The second-order valence-electron chi connectivity index (χ2n) is 4.77. The number of nitrogens with two attached hydrogens (primary N) is 1. The third kappa shape index (κ3) is 4.42. The van der Waals surface area contributed by atoms with Crippen LogP contribution in [-0.4, -0.2) is 16.2 Å². The Bertz CT molecular complexity index is 596. The first kappa shape index (κ1) is 15.2. The van der Waals surface area contributed by atoms with E-state index in [0.717, 1.165) is 12.1 Å². The Balaban J connectivity index is 1.84. The number of nitrogen functional groups attached to an aromatic ring is 1. The van der Waals surface area contributed by atoms with Crippen molar-refractivity contribution in [2.75, 3.05) is 11.1 Å². The van der Waals surface area contributed by atoms with E-state index in [1.165, 1.54) is 16.9 Å². The lowest BCUT2D eigenvalue weighted by molar-refractivity contribution is 0.251. The fourth-order valence-electron chi connectivity index (χ4n) is 1.80. The van der Waals surface area contributed by atoms with Gasteiger partial charge < -0.3 is 16.4 Å². The van der Waals surface area contributed by atoms with Crippen LogP contribution in [-0.2, 0) is 6.54 Å². The summed E-state index contributed by atoms with van der Waals surface area (Å²) in [7, 11) is 0. The monoisotopic (exact) mass is 305 g/mol. The van der Waals surface area contributed by atoms with E-state index < -0.39 is 0 Å². The van der Waals surface area contributed by atoms with Gasteiger partial charge in [0.25, 0.3) is 0 Å². The normalized spacial score (nSPS) is 11.9. The van der Waals surface area contributed by atoms with Crippen molar-refractivity contribution in [2.24, 2.45) is 0 Å². The Morgan fingerprint density at radius 1 is 1.33 bits per heavy atom. The van der Waals surface area contributed by atoms with E-state index in [1.54, 1.807) is 0 Å². The van der Waals surface area contributed by atoms with Gasteiger partial charge in [-0.3, -0.25) is 0 Å². The smallest absolute Gasteiger partial charge is 0.319 e. The molecule has 112 valence electrons. The summed E-state index contributed by atoms with van der Waals surface area (Å²) in [6.45, 7) is 4.65. The number of benzene rings is 1. The molecule has 4 N–H and O–H groups in total. The Morgan fingerprint density at radius 3 is 2.62 bits per heavy atom. The van der Waals surface area contributed by atoms with E-state index in [9.17, 15) is 4.79 Å². The van der Waals surface area contributed by atoms with Crippen LogP contribution in [0.25, 0.3) is 0 Å². The molecule has 21 heavy (non-hydrogen) atoms. The van der Waals surface area contributed by atoms with E-state index in [1.807, 2.05) is 24.3 Å². The fourth-order valence-corrected chi connectivity index (χ4v) is 2.35. The molecule has 0 aliphatic rings. The molecule has 0 saturated carbocycles. The number of anilines is 2. The first-order valence-electron chi connectivity index (χ1n) is 6.81. The van der Waals surface area contributed by atoms with Gasteiger partial charge in [-0.25, -0.2) is 4.79 Å². The summed E-state index contributed by atoms with van der Waals surface area (Å²) in [5.74, 6) is 0.524. The van der Waals surface area contributed by atoms with Crippen LogP contribution in [0, 0.1) is 0 Å². The lowest BCUT2D eigenvalue weighted by Crippen LogP contribution is -2.28. The van der Waals surface area contributed by atoms with Gasteiger partial charge in [-0.2, -0.15) is 0 Å². The van der Waals surface area contributed by atoms with Crippen LogP contribution >= 0.6 is 11.3 Å². The number of aromatic nitrogens is 2. The number of carbonyl (C=O) groups excluding carboxylic acids is 1. The molecule has 1 aromatic carbocycles. The first-order chi connectivity index (χ1) is 10.1. The number of urea groups is 1. The summed E-state index contributed by atoms with van der Waals surface area (Å²) in [5, 5.41) is 14.1. The summed E-state index contributed by atoms with van der Waals surface area (Å²) < 4.78 is 0. The maximum Gasteiger partial charge on any atom is 0.319 e. The molecule has 1 heterocycles. The number of nitrogens with one attached hydrogen (secondary N) is 2. The molecule has 0 bridgehead atoms. The van der Waals surface area contributed by atoms with E-state index in [4.69, 9.17) is 5.73 Å². The van der Waals surface area contributed by atoms with Crippen LogP contribution in [0.5, 0.6) is 0 Å². The van der Waals surface area contributed by atoms with Crippen molar-refractivity contribution in [2.45, 2.75) is 32.7 Å². The molecule has 2 amide bonds. The maximum atomic E-state index is 11.8. The lowest BCUT2D eigenvalue weighted by atomic mass is 9.99. The van der Waals surface area contributed by atoms with Crippen molar-refractivity contribution in [3.63, 3.8) is 0 Å². The van der Waals surface area contributed by atoms with Gasteiger partial charge in [-0.15, -0.1) is 10.2 Å². The van der Waals surface area contributed by atoms with Crippen molar-refractivity contribution in [3.05, 3.63) is 34.8 Å². The molecule has 2 aromatic rings. The number of nitrogens with zero attached hydrogens (tertiary/aromatic N) is 2. The highest BCUT2D eigenvalue weighted by Gasteiger charge is 2.06. The largest absolute Gasteiger partial charge is 0.374 e. The summed E-state index contributed by atoms with van der Waals surface area (Å²) in [4.78, 5) is 11.8. The summed E-state index contributed by atoms with van der Waals surface area (Å²) >= 11 is 1.26. The highest BCUT2D eigenvalue weighted by atomic mass is 32.1. The third-order valence-corrected chi connectivity index (χ3v) is 3.99. The Kier molecular flexibility index (Phi) is 5.10. The van der Waals surface area contributed by atoms with Crippen LogP contribution < -0.4 is 16.4 Å². The Labute approximate surface area is 127 Å². The average molecular weight is 305 g/mol. The van der Waals surface area contributed by atoms with E-state index in [0.29, 0.717) is 22.6 Å². The molecule has 1 atom stereocenters. The molecule has 0 spiro atoms. The number of hydrogen-bond acceptors (Lipinski definition) is 5. The van der Waals surface area contributed by atoms with Gasteiger partial charge in [0.05, 0.1) is 6.54 Å². The average Bonchev–Trinajstić information content (AvgIpc) is 2.91. The topological polar surface area (TPSA) is 92.9 Å². The highest BCUT2D eigenvalue weighted by molar-refractivity contribution is 7.15. The highest BCUT2D eigenvalue weighted by Crippen LogP contribution is 2.20. The standard InChI is InChI=1S/C14H19N5OS/c1-3-9(2)10-4-6-11(7-5-10)17-14(20)16-8-12-18-19-13(15)21-12/h4-7,9H,3,8H2,1-2H3,(H2,15,19)(H2,16,17,20)/t9-/m1/s1. The van der Waals surface area contributed by atoms with Crippen molar-refractivity contribution in [1.82, 2.24) is 15.5 Å². The fraction of sp³-hybridized carbons (Fsp3) is 0.357. The van der Waals surface area contributed by atoms with Crippen molar-refractivity contribution in [3.8, 4) is 0 Å². The zero-order valence-electron chi connectivity index (χ0n) is 12.1. The summed E-state index contributed by atoms with van der Waals surface area (Å²) in [5.41, 5.74) is 7.51. The predicted molar refractivity (Wildman–Crippen MR) is 85.3 cm³/mol. The van der Waals surface area contributed by atoms with E-state index in [2.05, 4.69) is 34.7 Å². The van der Waals surface area contributed by atoms with Gasteiger partial charge in [0.1, 0.15) is 5.01 Å². The number of rotatable bonds is 5. The minimum absolute atomic E-state index is 0.278. The molecule has 1 aromatic heterocycles. The van der Waals surface area contributed by atoms with Gasteiger partial charge in [0.15, 0.2) is 0 Å². The third-order valence-electron chi connectivity index (χ3n) is 3.23. The van der Waals surface area contributed by atoms with E-state index in [-0.39, 0.29) is 6.03 Å². The molecule has 0 aliphatic heterocycles. The predicted octanol–water partition coefficient (Wildman–Crippen LogP) is 2.96. The molecule has 0 unspecified atom stereocenters. The Hall–Kier alpha value is -2.15. The van der Waals surface area contributed by atoms with Gasteiger partial charge in [-0.05, 0) is 30.0 Å². The minimum atomic E-state index is -0.278. The molecule has 7 heteroatoms. The quantitative estimate of drug-likeness (QED) is 0.791. The first-order valence-corrected chi connectivity index (χ1v) is 7.62. The molecule has 6 nitrogen and oxygen atoms in total. The number of hydrogen-bond donors (Lipinski definition) is 3. The van der Waals surface area contributed by atoms with Crippen LogP contribution in [0.15, 0.2) is 24.3 Å². The van der Waals surface area contributed by atoms with Gasteiger partial charge in [-0.1, -0.05) is 37.3 Å². The van der Waals surface area contributed by atoms with Gasteiger partial charge in [0.2, 0.25) is 5.13 Å². The van der Waals surface area contributed by atoms with Gasteiger partial charge >= 0.3 is 6.03 Å². The molecule has 0 saturated heterocycles. The molecular weight excluding hydrogens is 286 g/mol. The molecule has 0 radical (unpaired) electrons. The minimum Gasteiger partial charge on any atom is -0.374 e. The van der Waals surface area contributed by atoms with Crippen LogP contribution in [0.4, 0.5) is 15.6 Å². The number of amides is 2. The van der Waals surface area contributed by atoms with Crippen LogP contribution in [0.3, 0.4) is 0 Å². The van der Waals surface area contributed by atoms with Crippen molar-refractivity contribution in [1.29, 1.82) is 0 Å². The zero-order chi connectivity index (χ0) is 15.2. The van der Waals surface area contributed by atoms with Crippen molar-refractivity contribution < 1.29 is 4.79 Å². The summed E-state index contributed by atoms with van der Waals surface area (Å²) in [6.07, 6.45) is 1.10. The maximum absolute atomic E-state index is 11.8. The van der Waals surface area contributed by atoms with E-state index >= 15 is 0 Å². The molecule has 2 rings (SSSR count). The van der Waals surface area contributed by atoms with Crippen molar-refractivity contribution >= 4 is 28.2 Å². The van der Waals surface area contributed by atoms with Crippen LogP contribution in [0.1, 0.15) is 36.8 Å².